The molecule has 4 aromatic rings. The van der Waals surface area contributed by atoms with Gasteiger partial charge in [-0.05, 0) is 108 Å². The van der Waals surface area contributed by atoms with Crippen molar-refractivity contribution in [2.45, 2.75) is 59.8 Å². The molecule has 0 radical (unpaired) electrons. The summed E-state index contributed by atoms with van der Waals surface area (Å²) < 4.78 is 0. The molecule has 4 nitrogen and oxygen atoms in total. The van der Waals surface area contributed by atoms with E-state index in [1.165, 1.54) is 0 Å². The number of phenols is 4. The molecule has 192 valence electrons. The molecule has 0 aliphatic heterocycles. The van der Waals surface area contributed by atoms with Gasteiger partial charge in [0.25, 0.3) is 0 Å². The van der Waals surface area contributed by atoms with Gasteiger partial charge in [-0.1, -0.05) is 50.2 Å². The summed E-state index contributed by atoms with van der Waals surface area (Å²) >= 11 is 0. The van der Waals surface area contributed by atoms with E-state index < -0.39 is 5.41 Å². The lowest BCUT2D eigenvalue weighted by Crippen LogP contribution is -2.20. The Morgan fingerprint density at radius 2 is 0.865 bits per heavy atom. The van der Waals surface area contributed by atoms with Crippen LogP contribution >= 0.6 is 0 Å². The van der Waals surface area contributed by atoms with Crippen LogP contribution in [0.1, 0.15) is 69.5 Å². The lowest BCUT2D eigenvalue weighted by Gasteiger charge is -2.29. The molecule has 37 heavy (non-hydrogen) atoms. The van der Waals surface area contributed by atoms with Gasteiger partial charge in [-0.15, -0.1) is 0 Å². The minimum Gasteiger partial charge on any atom is -0.508 e. The second kappa shape index (κ2) is 9.85. The Bertz CT molecular complexity index is 1370. The van der Waals surface area contributed by atoms with Crippen LogP contribution in [0.2, 0.25) is 0 Å². The summed E-state index contributed by atoms with van der Waals surface area (Å²) in [7, 11) is 0. The average molecular weight is 497 g/mol. The SMILES string of the molecule is Cc1cc(O)ccc1Cc1cc(C(C)(C)c2cc(C)c(O)c(Cc3ccc(O)cc3C)c2)cc(C)c1O. The number of phenolic OH excluding ortho intramolecular Hbond substituents is 4. The fraction of sp³-hybridized carbons (Fsp3) is 0.273. The van der Waals surface area contributed by atoms with E-state index in [-0.39, 0.29) is 23.0 Å². The summed E-state index contributed by atoms with van der Waals surface area (Å²) in [5.74, 6) is 1.05. The molecule has 0 saturated carbocycles. The van der Waals surface area contributed by atoms with Crippen molar-refractivity contribution in [2.24, 2.45) is 0 Å². The summed E-state index contributed by atoms with van der Waals surface area (Å²) in [6.45, 7) is 12.1. The molecule has 0 heterocycles. The standard InChI is InChI=1S/C33H36O4/c1-19-13-29(34)9-7-23(19)15-25-17-27(11-21(3)31(25)36)33(5,6)28-12-22(4)32(37)26(18-28)16-24-8-10-30(35)14-20(24)2/h7-14,17-18,34-37H,15-16H2,1-6H3. The van der Waals surface area contributed by atoms with Gasteiger partial charge in [-0.25, -0.2) is 0 Å². The normalized spacial score (nSPS) is 11.6. The second-order valence-electron chi connectivity index (χ2n) is 10.8. The first-order chi connectivity index (χ1) is 17.4. The van der Waals surface area contributed by atoms with Gasteiger partial charge in [-0.2, -0.15) is 0 Å². The van der Waals surface area contributed by atoms with Crippen LogP contribution in [0.4, 0.5) is 0 Å². The highest BCUT2D eigenvalue weighted by Crippen LogP contribution is 2.39. The van der Waals surface area contributed by atoms with Crippen molar-refractivity contribution >= 4 is 0 Å². The van der Waals surface area contributed by atoms with Gasteiger partial charge >= 0.3 is 0 Å². The third-order valence-electron chi connectivity index (χ3n) is 7.62. The largest absolute Gasteiger partial charge is 0.508 e. The zero-order valence-corrected chi connectivity index (χ0v) is 22.5. The quantitative estimate of drug-likeness (QED) is 0.227. The molecule has 4 aromatic carbocycles. The van der Waals surface area contributed by atoms with Crippen molar-refractivity contribution in [1.29, 1.82) is 0 Å². The van der Waals surface area contributed by atoms with Gasteiger partial charge in [0.15, 0.2) is 0 Å². The highest BCUT2D eigenvalue weighted by atomic mass is 16.3. The number of rotatable bonds is 6. The number of aryl methyl sites for hydroxylation is 4. The summed E-state index contributed by atoms with van der Waals surface area (Å²) in [5.41, 5.74) is 9.12. The first-order valence-electron chi connectivity index (χ1n) is 12.6. The van der Waals surface area contributed by atoms with Gasteiger partial charge in [0.2, 0.25) is 0 Å². The van der Waals surface area contributed by atoms with Crippen LogP contribution in [-0.4, -0.2) is 20.4 Å². The molecule has 0 aromatic heterocycles. The maximum atomic E-state index is 10.9. The third-order valence-corrected chi connectivity index (χ3v) is 7.62. The van der Waals surface area contributed by atoms with Crippen LogP contribution in [0, 0.1) is 27.7 Å². The summed E-state index contributed by atoms with van der Waals surface area (Å²) in [6, 6.07) is 18.8. The van der Waals surface area contributed by atoms with Crippen molar-refractivity contribution in [3.05, 3.63) is 116 Å². The van der Waals surface area contributed by atoms with Gasteiger partial charge in [0.1, 0.15) is 23.0 Å². The van der Waals surface area contributed by atoms with Crippen molar-refractivity contribution < 1.29 is 20.4 Å². The van der Waals surface area contributed by atoms with Crippen LogP contribution < -0.4 is 0 Å². The Hall–Kier alpha value is -3.92. The molecule has 0 spiro atoms. The molecule has 0 bridgehead atoms. The molecule has 4 rings (SSSR count). The molecule has 0 unspecified atom stereocenters. The Kier molecular flexibility index (Phi) is 6.96. The Labute approximate surface area is 219 Å². The Morgan fingerprint density at radius 3 is 1.22 bits per heavy atom. The van der Waals surface area contributed by atoms with Crippen LogP contribution in [0.25, 0.3) is 0 Å². The monoisotopic (exact) mass is 496 g/mol. The van der Waals surface area contributed by atoms with Crippen molar-refractivity contribution in [3.8, 4) is 23.0 Å². The number of aromatic hydroxyl groups is 4. The molecule has 0 atom stereocenters. The first kappa shape index (κ1) is 26.2. The predicted molar refractivity (Wildman–Crippen MR) is 149 cm³/mol. The van der Waals surface area contributed by atoms with Gasteiger partial charge in [0.05, 0.1) is 0 Å². The summed E-state index contributed by atoms with van der Waals surface area (Å²) in [6.07, 6.45) is 1.12. The van der Waals surface area contributed by atoms with Crippen LogP contribution in [0.5, 0.6) is 23.0 Å². The highest BCUT2D eigenvalue weighted by Gasteiger charge is 2.27. The fourth-order valence-corrected chi connectivity index (χ4v) is 5.03. The number of hydrogen-bond acceptors (Lipinski definition) is 4. The van der Waals surface area contributed by atoms with Crippen molar-refractivity contribution in [3.63, 3.8) is 0 Å². The Morgan fingerprint density at radius 1 is 0.486 bits per heavy atom. The predicted octanol–water partition coefficient (Wildman–Crippen LogP) is 7.25. The van der Waals surface area contributed by atoms with E-state index >= 15 is 0 Å². The molecule has 0 amide bonds. The molecule has 0 fully saturated rings. The maximum Gasteiger partial charge on any atom is 0.122 e. The average Bonchev–Trinajstić information content (AvgIpc) is 2.82. The fourth-order valence-electron chi connectivity index (χ4n) is 5.03. The topological polar surface area (TPSA) is 80.9 Å². The third kappa shape index (κ3) is 5.29. The number of hydrogen-bond donors (Lipinski definition) is 4. The molecule has 4 N–H and O–H groups in total. The highest BCUT2D eigenvalue weighted by molar-refractivity contribution is 5.54. The summed E-state index contributed by atoms with van der Waals surface area (Å²) in [5, 5.41) is 41.4. The lowest BCUT2D eigenvalue weighted by molar-refractivity contribution is 0.463. The van der Waals surface area contributed by atoms with E-state index in [0.717, 1.165) is 55.6 Å². The molecule has 0 aliphatic carbocycles. The van der Waals surface area contributed by atoms with Crippen molar-refractivity contribution in [2.75, 3.05) is 0 Å². The van der Waals surface area contributed by atoms with Gasteiger partial charge in [0, 0.05) is 18.3 Å². The molecular formula is C33H36O4. The van der Waals surface area contributed by atoms with Crippen LogP contribution in [0.15, 0.2) is 60.7 Å². The van der Waals surface area contributed by atoms with E-state index in [1.54, 1.807) is 24.3 Å². The van der Waals surface area contributed by atoms with Crippen molar-refractivity contribution in [1.82, 2.24) is 0 Å². The van der Waals surface area contributed by atoms with Gasteiger partial charge in [-0.3, -0.25) is 0 Å². The maximum absolute atomic E-state index is 10.9. The number of benzene rings is 4. The Balaban J connectivity index is 1.75. The van der Waals surface area contributed by atoms with Gasteiger partial charge < -0.3 is 20.4 Å². The van der Waals surface area contributed by atoms with Crippen LogP contribution in [0.3, 0.4) is 0 Å². The van der Waals surface area contributed by atoms with E-state index in [4.69, 9.17) is 0 Å². The first-order valence-corrected chi connectivity index (χ1v) is 12.6. The lowest BCUT2D eigenvalue weighted by atomic mass is 9.75. The van der Waals surface area contributed by atoms with Crippen LogP contribution in [-0.2, 0) is 18.3 Å². The summed E-state index contributed by atoms with van der Waals surface area (Å²) in [4.78, 5) is 0. The smallest absolute Gasteiger partial charge is 0.122 e. The molecule has 0 aliphatic rings. The van der Waals surface area contributed by atoms with E-state index in [2.05, 4.69) is 26.0 Å². The zero-order chi connectivity index (χ0) is 27.1. The van der Waals surface area contributed by atoms with E-state index in [9.17, 15) is 20.4 Å². The van der Waals surface area contributed by atoms with E-state index in [0.29, 0.717) is 12.8 Å². The minimum atomic E-state index is -0.394. The molecule has 4 heteroatoms. The minimum absolute atomic E-state index is 0.234. The molecular weight excluding hydrogens is 460 g/mol. The van der Waals surface area contributed by atoms with E-state index in [1.807, 2.05) is 52.0 Å². The molecule has 0 saturated heterocycles. The second-order valence-corrected chi connectivity index (χ2v) is 10.8. The zero-order valence-electron chi connectivity index (χ0n) is 22.5.